The summed E-state index contributed by atoms with van der Waals surface area (Å²) in [7, 11) is 0. The van der Waals surface area contributed by atoms with Crippen molar-refractivity contribution in [1.82, 2.24) is 4.57 Å². The van der Waals surface area contributed by atoms with Crippen molar-refractivity contribution in [2.75, 3.05) is 0 Å². The molecular formula is C19H11BrClN3. The highest BCUT2D eigenvalue weighted by atomic mass is 79.9. The summed E-state index contributed by atoms with van der Waals surface area (Å²) in [6.45, 7) is 0.708. The highest BCUT2D eigenvalue weighted by Crippen LogP contribution is 2.32. The highest BCUT2D eigenvalue weighted by molar-refractivity contribution is 9.10. The number of aromatic nitrogens is 1. The van der Waals surface area contributed by atoms with Crippen LogP contribution in [-0.4, -0.2) is 9.74 Å². The van der Waals surface area contributed by atoms with Gasteiger partial charge in [-0.3, -0.25) is 0 Å². The van der Waals surface area contributed by atoms with E-state index in [4.69, 9.17) is 16.9 Å². The van der Waals surface area contributed by atoms with Gasteiger partial charge in [0, 0.05) is 22.8 Å². The number of hydrogen-bond donors (Lipinski definition) is 0. The average molecular weight is 397 g/mol. The van der Waals surface area contributed by atoms with Crippen molar-refractivity contribution in [3.8, 4) is 17.2 Å². The van der Waals surface area contributed by atoms with Gasteiger partial charge in [-0.05, 0) is 47.5 Å². The van der Waals surface area contributed by atoms with E-state index in [2.05, 4.69) is 43.8 Å². The van der Waals surface area contributed by atoms with Crippen LogP contribution in [0.1, 0.15) is 16.8 Å². The van der Waals surface area contributed by atoms with E-state index < -0.39 is 0 Å². The summed E-state index contributed by atoms with van der Waals surface area (Å²) >= 11 is 9.95. The van der Waals surface area contributed by atoms with Crippen LogP contribution in [0, 0.1) is 11.3 Å². The number of benzene rings is 2. The Labute approximate surface area is 153 Å². The Bertz CT molecular complexity index is 1010. The Morgan fingerprint density at radius 1 is 1.08 bits per heavy atom. The number of aliphatic imine (C=N–C) groups is 1. The topological polar surface area (TPSA) is 41.1 Å². The van der Waals surface area contributed by atoms with Crippen LogP contribution in [-0.2, 0) is 6.54 Å². The normalized spacial score (nSPS) is 12.6. The lowest BCUT2D eigenvalue weighted by Gasteiger charge is -2.06. The second kappa shape index (κ2) is 5.94. The van der Waals surface area contributed by atoms with Gasteiger partial charge in [0.15, 0.2) is 5.17 Å². The zero-order valence-electron chi connectivity index (χ0n) is 12.5. The number of halogens is 2. The van der Waals surface area contributed by atoms with Gasteiger partial charge < -0.3 is 4.57 Å². The molecule has 0 fully saturated rings. The molecule has 3 aromatic rings. The maximum atomic E-state index is 8.92. The van der Waals surface area contributed by atoms with E-state index in [9.17, 15) is 0 Å². The van der Waals surface area contributed by atoms with Crippen LogP contribution in [0.3, 0.4) is 0 Å². The number of nitrogens with zero attached hydrogens (tertiary/aromatic N) is 3. The number of nitriles is 1. The van der Waals surface area contributed by atoms with Crippen LogP contribution in [0.5, 0.6) is 0 Å². The molecule has 2 aromatic carbocycles. The molecule has 0 N–H and O–H groups in total. The van der Waals surface area contributed by atoms with Crippen molar-refractivity contribution in [1.29, 1.82) is 5.26 Å². The third-order valence-electron chi connectivity index (χ3n) is 4.06. The largest absolute Gasteiger partial charge is 0.340 e. The van der Waals surface area contributed by atoms with Crippen molar-refractivity contribution >= 4 is 38.4 Å². The van der Waals surface area contributed by atoms with Gasteiger partial charge in [0.1, 0.15) is 0 Å². The first-order chi connectivity index (χ1) is 11.6. The Balaban J connectivity index is 1.79. The zero-order valence-corrected chi connectivity index (χ0v) is 14.8. The van der Waals surface area contributed by atoms with Crippen LogP contribution >= 0.6 is 27.5 Å². The van der Waals surface area contributed by atoms with Gasteiger partial charge >= 0.3 is 0 Å². The lowest BCUT2D eigenvalue weighted by Crippen LogP contribution is -2.03. The lowest BCUT2D eigenvalue weighted by molar-refractivity contribution is 0.805. The third kappa shape index (κ3) is 2.66. The molecule has 0 unspecified atom stereocenters. The fourth-order valence-electron chi connectivity index (χ4n) is 2.85. The molecule has 1 aromatic heterocycles. The van der Waals surface area contributed by atoms with Crippen molar-refractivity contribution in [3.63, 3.8) is 0 Å². The third-order valence-corrected chi connectivity index (χ3v) is 4.83. The van der Waals surface area contributed by atoms with Crippen LogP contribution in [0.15, 0.2) is 64.2 Å². The van der Waals surface area contributed by atoms with Crippen LogP contribution in [0.25, 0.3) is 11.1 Å². The summed E-state index contributed by atoms with van der Waals surface area (Å²) in [6, 6.07) is 17.7. The molecule has 24 heavy (non-hydrogen) atoms. The van der Waals surface area contributed by atoms with Crippen molar-refractivity contribution < 1.29 is 0 Å². The Hall–Kier alpha value is -2.35. The molecular weight excluding hydrogens is 386 g/mol. The predicted molar refractivity (Wildman–Crippen MR) is 99.9 cm³/mol. The molecule has 116 valence electrons. The molecule has 3 nitrogen and oxygen atoms in total. The molecule has 0 radical (unpaired) electrons. The van der Waals surface area contributed by atoms with Crippen LogP contribution in [0.2, 0.25) is 0 Å². The van der Waals surface area contributed by atoms with Gasteiger partial charge in [-0.25, -0.2) is 4.99 Å². The van der Waals surface area contributed by atoms with E-state index in [0.29, 0.717) is 17.3 Å². The summed E-state index contributed by atoms with van der Waals surface area (Å²) < 4.78 is 3.13. The molecule has 0 spiro atoms. The first kappa shape index (κ1) is 15.2. The second-order valence-electron chi connectivity index (χ2n) is 5.61. The van der Waals surface area contributed by atoms with Crippen LogP contribution < -0.4 is 0 Å². The number of hydrogen-bond acceptors (Lipinski definition) is 2. The summed E-state index contributed by atoms with van der Waals surface area (Å²) in [6.07, 6.45) is 2.07. The standard InChI is InChI=1S/C19H11BrClN3/c20-16-5-6-17-15(7-16)11-24-10-14(8-18(24)19(21)23-17)13-3-1-12(9-22)2-4-13/h1-8,10H,11H2. The van der Waals surface area contributed by atoms with Crippen molar-refractivity contribution in [2.45, 2.75) is 6.54 Å². The van der Waals surface area contributed by atoms with Crippen LogP contribution in [0.4, 0.5) is 5.69 Å². The van der Waals surface area contributed by atoms with Gasteiger partial charge in [-0.2, -0.15) is 5.26 Å². The lowest BCUT2D eigenvalue weighted by atomic mass is 10.1. The van der Waals surface area contributed by atoms with E-state index >= 15 is 0 Å². The van der Waals surface area contributed by atoms with E-state index in [1.165, 1.54) is 0 Å². The fourth-order valence-corrected chi connectivity index (χ4v) is 3.51. The van der Waals surface area contributed by atoms with Gasteiger partial charge in [0.05, 0.1) is 23.0 Å². The van der Waals surface area contributed by atoms with E-state index in [1.54, 1.807) is 0 Å². The molecule has 0 saturated heterocycles. The highest BCUT2D eigenvalue weighted by Gasteiger charge is 2.17. The van der Waals surface area contributed by atoms with E-state index in [0.717, 1.165) is 32.5 Å². The second-order valence-corrected chi connectivity index (χ2v) is 6.88. The summed E-state index contributed by atoms with van der Waals surface area (Å²) in [4.78, 5) is 4.55. The minimum atomic E-state index is 0.482. The molecule has 0 saturated carbocycles. The molecule has 4 rings (SSSR count). The van der Waals surface area contributed by atoms with Crippen molar-refractivity contribution in [2.24, 2.45) is 4.99 Å². The molecule has 2 heterocycles. The monoisotopic (exact) mass is 395 g/mol. The number of rotatable bonds is 1. The van der Waals surface area contributed by atoms with Gasteiger partial charge in [0.2, 0.25) is 0 Å². The van der Waals surface area contributed by atoms with Gasteiger partial charge in [-0.1, -0.05) is 39.7 Å². The summed E-state index contributed by atoms with van der Waals surface area (Å²) in [5, 5.41) is 9.40. The summed E-state index contributed by atoms with van der Waals surface area (Å²) in [5.41, 5.74) is 5.66. The maximum Gasteiger partial charge on any atom is 0.153 e. The number of fused-ring (bicyclic) bond motifs is 2. The predicted octanol–water partition coefficient (Wildman–Crippen LogP) is 5.47. The SMILES string of the molecule is N#Cc1ccc(-c2cc3n(c2)Cc2cc(Br)ccc2N=C3Cl)cc1. The first-order valence-corrected chi connectivity index (χ1v) is 8.55. The van der Waals surface area contributed by atoms with Crippen molar-refractivity contribution in [3.05, 3.63) is 76.0 Å². The van der Waals surface area contributed by atoms with E-state index in [1.807, 2.05) is 42.5 Å². The Morgan fingerprint density at radius 3 is 2.62 bits per heavy atom. The van der Waals surface area contributed by atoms with Gasteiger partial charge in [0.25, 0.3) is 0 Å². The minimum absolute atomic E-state index is 0.482. The Kier molecular flexibility index (Phi) is 3.76. The first-order valence-electron chi connectivity index (χ1n) is 7.38. The van der Waals surface area contributed by atoms with Gasteiger partial charge in [-0.15, -0.1) is 0 Å². The van der Waals surface area contributed by atoms with E-state index in [-0.39, 0.29) is 0 Å². The molecule has 0 atom stereocenters. The minimum Gasteiger partial charge on any atom is -0.340 e. The Morgan fingerprint density at radius 2 is 1.88 bits per heavy atom. The smallest absolute Gasteiger partial charge is 0.153 e. The summed E-state index contributed by atoms with van der Waals surface area (Å²) in [5.74, 6) is 0. The zero-order chi connectivity index (χ0) is 16.7. The molecule has 0 bridgehead atoms. The molecule has 0 amide bonds. The molecule has 1 aliphatic heterocycles. The fraction of sp³-hybridized carbons (Fsp3) is 0.0526. The maximum absolute atomic E-state index is 8.92. The molecule has 0 aliphatic carbocycles. The molecule has 1 aliphatic rings. The average Bonchev–Trinajstić information content (AvgIpc) is 2.96. The quantitative estimate of drug-likeness (QED) is 0.538. The molecule has 5 heteroatoms.